The van der Waals surface area contributed by atoms with Crippen molar-refractivity contribution in [3.8, 4) is 0 Å². The summed E-state index contributed by atoms with van der Waals surface area (Å²) < 4.78 is 5.45. The van der Waals surface area contributed by atoms with Gasteiger partial charge in [0.2, 0.25) is 0 Å². The molecule has 0 radical (unpaired) electrons. The van der Waals surface area contributed by atoms with Crippen molar-refractivity contribution in [1.82, 2.24) is 0 Å². The third-order valence-electron chi connectivity index (χ3n) is 6.94. The molecule has 1 saturated heterocycles. The van der Waals surface area contributed by atoms with Gasteiger partial charge in [0, 0.05) is 6.42 Å². The van der Waals surface area contributed by atoms with Crippen molar-refractivity contribution in [2.24, 2.45) is 41.4 Å². The van der Waals surface area contributed by atoms with E-state index in [1.807, 2.05) is 0 Å². The Kier molecular flexibility index (Phi) is 2.10. The molecule has 0 aromatic rings. The Balaban J connectivity index is 1.33. The van der Waals surface area contributed by atoms with Gasteiger partial charge in [-0.1, -0.05) is 12.2 Å². The van der Waals surface area contributed by atoms with E-state index in [0.717, 1.165) is 54.3 Å². The fourth-order valence-corrected chi connectivity index (χ4v) is 6.51. The minimum atomic E-state index is 0.0360. The summed E-state index contributed by atoms with van der Waals surface area (Å²) in [5.41, 5.74) is 0. The Hall–Kier alpha value is -0.790. The lowest BCUT2D eigenvalue weighted by atomic mass is 9.68. The van der Waals surface area contributed by atoms with Crippen LogP contribution in [0.4, 0.5) is 0 Å². The molecule has 2 nitrogen and oxygen atoms in total. The van der Waals surface area contributed by atoms with E-state index in [1.165, 1.54) is 19.3 Å². The van der Waals surface area contributed by atoms with Crippen LogP contribution in [0.3, 0.4) is 0 Å². The number of hydrogen-bond acceptors (Lipinski definition) is 2. The topological polar surface area (TPSA) is 26.3 Å². The van der Waals surface area contributed by atoms with E-state index < -0.39 is 0 Å². The van der Waals surface area contributed by atoms with Crippen molar-refractivity contribution in [2.75, 3.05) is 0 Å². The summed E-state index contributed by atoms with van der Waals surface area (Å²) in [5, 5.41) is 0. The van der Waals surface area contributed by atoms with E-state index >= 15 is 0 Å². The van der Waals surface area contributed by atoms with Crippen LogP contribution in [-0.2, 0) is 9.53 Å². The zero-order valence-electron chi connectivity index (χ0n) is 11.3. The summed E-state index contributed by atoms with van der Waals surface area (Å²) >= 11 is 0. The number of esters is 1. The maximum absolute atomic E-state index is 11.2. The van der Waals surface area contributed by atoms with Crippen molar-refractivity contribution in [2.45, 2.75) is 44.6 Å². The third-order valence-corrected chi connectivity index (χ3v) is 6.94. The summed E-state index contributed by atoms with van der Waals surface area (Å²) in [6.45, 7) is 0. The zero-order valence-corrected chi connectivity index (χ0v) is 11.3. The Labute approximate surface area is 114 Å². The van der Waals surface area contributed by atoms with Gasteiger partial charge in [-0.3, -0.25) is 4.79 Å². The van der Waals surface area contributed by atoms with Crippen LogP contribution in [0.2, 0.25) is 0 Å². The predicted octanol–water partition coefficient (Wildman–Crippen LogP) is 3.18. The first-order valence-corrected chi connectivity index (χ1v) is 8.17. The van der Waals surface area contributed by atoms with E-state index in [0.29, 0.717) is 6.42 Å². The van der Waals surface area contributed by atoms with Gasteiger partial charge >= 0.3 is 5.97 Å². The fraction of sp³-hybridized carbons (Fsp3) is 0.824. The van der Waals surface area contributed by atoms with Crippen molar-refractivity contribution >= 4 is 5.97 Å². The molecule has 1 aliphatic heterocycles. The highest BCUT2D eigenvalue weighted by molar-refractivity contribution is 5.71. The number of cyclic esters (lactones) is 1. The first kappa shape index (κ1) is 10.9. The second-order valence-electron chi connectivity index (χ2n) is 7.64. The van der Waals surface area contributed by atoms with Gasteiger partial charge in [-0.2, -0.15) is 0 Å². The molecule has 1 heterocycles. The molecule has 0 aromatic carbocycles. The van der Waals surface area contributed by atoms with E-state index in [1.54, 1.807) is 0 Å². The molecule has 0 spiro atoms. The molecule has 102 valence electrons. The molecule has 5 aliphatic rings. The normalized spacial score (nSPS) is 56.9. The molecule has 0 amide bonds. The van der Waals surface area contributed by atoms with Gasteiger partial charge in [-0.15, -0.1) is 0 Å². The van der Waals surface area contributed by atoms with Crippen LogP contribution in [0.15, 0.2) is 12.2 Å². The number of carbonyl (C=O) groups excluding carboxylic acids is 1. The first-order chi connectivity index (χ1) is 9.29. The van der Waals surface area contributed by atoms with Crippen LogP contribution in [0.5, 0.6) is 0 Å². The summed E-state index contributed by atoms with van der Waals surface area (Å²) in [6.07, 6.45) is 12.4. The smallest absolute Gasteiger partial charge is 0.306 e. The maximum Gasteiger partial charge on any atom is 0.306 e. The molecule has 0 aromatic heterocycles. The highest BCUT2D eigenvalue weighted by Crippen LogP contribution is 2.67. The largest absolute Gasteiger partial charge is 0.462 e. The molecule has 2 heteroatoms. The second kappa shape index (κ2) is 3.65. The molecule has 4 bridgehead atoms. The number of hydrogen-bond donors (Lipinski definition) is 0. The highest BCUT2D eigenvalue weighted by atomic mass is 16.5. The minimum absolute atomic E-state index is 0.0360. The van der Waals surface area contributed by atoms with Crippen molar-refractivity contribution in [1.29, 1.82) is 0 Å². The predicted molar refractivity (Wildman–Crippen MR) is 71.2 cm³/mol. The molecule has 8 atom stereocenters. The van der Waals surface area contributed by atoms with Crippen molar-refractivity contribution in [3.05, 3.63) is 12.2 Å². The average molecular weight is 258 g/mol. The molecule has 3 saturated carbocycles. The Morgan fingerprint density at radius 3 is 2.74 bits per heavy atom. The average Bonchev–Trinajstić information content (AvgIpc) is 3.11. The lowest BCUT2D eigenvalue weighted by Crippen LogP contribution is -2.32. The van der Waals surface area contributed by atoms with Gasteiger partial charge in [0.05, 0.1) is 0 Å². The van der Waals surface area contributed by atoms with Gasteiger partial charge in [0.1, 0.15) is 6.10 Å². The van der Waals surface area contributed by atoms with E-state index in [9.17, 15) is 4.79 Å². The van der Waals surface area contributed by atoms with Crippen LogP contribution in [-0.4, -0.2) is 12.1 Å². The molecule has 4 aliphatic carbocycles. The first-order valence-electron chi connectivity index (χ1n) is 8.17. The number of ether oxygens (including phenoxy) is 1. The Morgan fingerprint density at radius 1 is 1.11 bits per heavy atom. The number of carbonyl (C=O) groups is 1. The highest BCUT2D eigenvalue weighted by Gasteiger charge is 2.60. The van der Waals surface area contributed by atoms with Crippen LogP contribution in [0, 0.1) is 41.4 Å². The Morgan fingerprint density at radius 2 is 1.95 bits per heavy atom. The standard InChI is InChI=1S/C17H22O2/c18-15-4-3-13(19-15)7-11-6-12-8-14(11)17-10-2-1-9(5-10)16(12)17/h1-2,9-14,16-17H,3-8H2. The summed E-state index contributed by atoms with van der Waals surface area (Å²) in [4.78, 5) is 11.2. The van der Waals surface area contributed by atoms with Crippen LogP contribution in [0.25, 0.3) is 0 Å². The van der Waals surface area contributed by atoms with E-state index in [4.69, 9.17) is 4.74 Å². The van der Waals surface area contributed by atoms with Gasteiger partial charge in [-0.05, 0) is 73.5 Å². The molecule has 4 fully saturated rings. The number of fused-ring (bicyclic) bond motifs is 9. The summed E-state index contributed by atoms with van der Waals surface area (Å²) in [6, 6.07) is 0. The van der Waals surface area contributed by atoms with Crippen molar-refractivity contribution < 1.29 is 9.53 Å². The number of rotatable bonds is 2. The van der Waals surface area contributed by atoms with Gasteiger partial charge in [0.25, 0.3) is 0 Å². The zero-order chi connectivity index (χ0) is 12.6. The molecule has 0 N–H and O–H groups in total. The summed E-state index contributed by atoms with van der Waals surface area (Å²) in [7, 11) is 0. The van der Waals surface area contributed by atoms with Crippen molar-refractivity contribution in [3.63, 3.8) is 0 Å². The second-order valence-corrected chi connectivity index (χ2v) is 7.64. The fourth-order valence-electron chi connectivity index (χ4n) is 6.51. The van der Waals surface area contributed by atoms with Gasteiger partial charge in [-0.25, -0.2) is 0 Å². The maximum atomic E-state index is 11.2. The lowest BCUT2D eigenvalue weighted by Gasteiger charge is -2.37. The van der Waals surface area contributed by atoms with Crippen LogP contribution >= 0.6 is 0 Å². The molecule has 5 rings (SSSR count). The molecule has 19 heavy (non-hydrogen) atoms. The van der Waals surface area contributed by atoms with Crippen LogP contribution in [0.1, 0.15) is 38.5 Å². The van der Waals surface area contributed by atoms with Crippen LogP contribution < -0.4 is 0 Å². The lowest BCUT2D eigenvalue weighted by molar-refractivity contribution is -0.142. The molecule has 8 unspecified atom stereocenters. The Bertz CT molecular complexity index is 454. The molecular weight excluding hydrogens is 236 g/mol. The van der Waals surface area contributed by atoms with E-state index in [-0.39, 0.29) is 12.1 Å². The molecular formula is C17H22O2. The SMILES string of the molecule is O=C1CCC(CC2CC3CC2C2C4C=CC(C4)C32)O1. The monoisotopic (exact) mass is 258 g/mol. The quantitative estimate of drug-likeness (QED) is 0.432. The summed E-state index contributed by atoms with van der Waals surface area (Å²) in [5.74, 6) is 6.70. The van der Waals surface area contributed by atoms with Gasteiger partial charge < -0.3 is 4.74 Å². The third kappa shape index (κ3) is 1.41. The van der Waals surface area contributed by atoms with E-state index in [2.05, 4.69) is 12.2 Å². The minimum Gasteiger partial charge on any atom is -0.462 e. The van der Waals surface area contributed by atoms with Gasteiger partial charge in [0.15, 0.2) is 0 Å². The number of allylic oxidation sites excluding steroid dienone is 2.